The molecule has 0 radical (unpaired) electrons. The van der Waals surface area contributed by atoms with Gasteiger partial charge in [0.05, 0.1) is 11.2 Å². The van der Waals surface area contributed by atoms with E-state index in [0.29, 0.717) is 0 Å². The van der Waals surface area contributed by atoms with E-state index < -0.39 is 23.4 Å². The van der Waals surface area contributed by atoms with Crippen LogP contribution in [0.1, 0.15) is 33.6 Å². The average Bonchev–Trinajstić information content (AvgIpc) is 2.50. The fraction of sp³-hybridized carbons (Fsp3) is 1.00. The molecule has 4 atom stereocenters. The summed E-state index contributed by atoms with van der Waals surface area (Å²) in [5, 5.41) is 19.7. The van der Waals surface area contributed by atoms with Gasteiger partial charge < -0.3 is 14.9 Å². The van der Waals surface area contributed by atoms with Gasteiger partial charge in [-0.15, -0.1) is 0 Å². The van der Waals surface area contributed by atoms with Gasteiger partial charge in [0.2, 0.25) is 0 Å². The average molecular weight is 186 g/mol. The monoisotopic (exact) mass is 186 g/mol. The summed E-state index contributed by atoms with van der Waals surface area (Å²) in [7, 11) is 0. The van der Waals surface area contributed by atoms with Gasteiger partial charge in [-0.1, -0.05) is 13.8 Å². The predicted octanol–water partition coefficient (Wildman–Crippen LogP) is 0.686. The summed E-state index contributed by atoms with van der Waals surface area (Å²) in [6.45, 7) is 5.96. The summed E-state index contributed by atoms with van der Waals surface area (Å²) in [6, 6.07) is 0. The highest BCUT2D eigenvalue weighted by atomic mass is 16.6. The molecule has 2 aliphatic heterocycles. The van der Waals surface area contributed by atoms with Crippen LogP contribution in [0.2, 0.25) is 0 Å². The summed E-state index contributed by atoms with van der Waals surface area (Å²) in [6.07, 6.45) is 0.276. The molecule has 0 amide bonds. The first-order valence-corrected chi connectivity index (χ1v) is 4.99. The van der Waals surface area contributed by atoms with E-state index in [-0.39, 0.29) is 5.92 Å². The molecular weight excluding hydrogens is 168 g/mol. The van der Waals surface area contributed by atoms with Crippen molar-refractivity contribution in [2.24, 2.45) is 5.92 Å². The number of hydrogen-bond acceptors (Lipinski definition) is 3. The van der Waals surface area contributed by atoms with Gasteiger partial charge in [-0.3, -0.25) is 0 Å². The van der Waals surface area contributed by atoms with E-state index in [0.717, 1.165) is 12.8 Å². The summed E-state index contributed by atoms with van der Waals surface area (Å²) in [5.41, 5.74) is -1.00. The lowest BCUT2D eigenvalue weighted by Crippen LogP contribution is -2.50. The van der Waals surface area contributed by atoms with E-state index in [1.54, 1.807) is 0 Å². The van der Waals surface area contributed by atoms with E-state index in [9.17, 15) is 10.2 Å². The molecule has 3 nitrogen and oxygen atoms in total. The fourth-order valence-electron chi connectivity index (χ4n) is 2.75. The van der Waals surface area contributed by atoms with Crippen LogP contribution in [0.4, 0.5) is 0 Å². The van der Waals surface area contributed by atoms with Crippen LogP contribution in [0, 0.1) is 5.92 Å². The van der Waals surface area contributed by atoms with E-state index in [1.165, 1.54) is 0 Å². The van der Waals surface area contributed by atoms with Gasteiger partial charge >= 0.3 is 0 Å². The highest BCUT2D eigenvalue weighted by Crippen LogP contribution is 2.53. The van der Waals surface area contributed by atoms with Crippen molar-refractivity contribution in [2.45, 2.75) is 57.0 Å². The number of ether oxygens (including phenoxy) is 1. The van der Waals surface area contributed by atoms with E-state index in [1.807, 2.05) is 20.8 Å². The SMILES string of the molecule is CC(C)[C@@]12CC[C@@](C)(O1)[C@@H](O)[C@@H]2O. The smallest absolute Gasteiger partial charge is 0.112 e. The lowest BCUT2D eigenvalue weighted by molar-refractivity contribution is -0.0974. The molecule has 0 aromatic rings. The Bertz CT molecular complexity index is 228. The second-order valence-electron chi connectivity index (χ2n) is 4.91. The minimum absolute atomic E-state index is 0.251. The third kappa shape index (κ3) is 0.953. The normalized spacial score (nSPS) is 54.9. The van der Waals surface area contributed by atoms with Crippen LogP contribution >= 0.6 is 0 Å². The van der Waals surface area contributed by atoms with E-state index in [4.69, 9.17) is 4.74 Å². The van der Waals surface area contributed by atoms with Crippen molar-refractivity contribution >= 4 is 0 Å². The minimum atomic E-state index is -0.719. The third-order valence-corrected chi connectivity index (χ3v) is 3.84. The largest absolute Gasteiger partial charge is 0.387 e. The molecule has 76 valence electrons. The number of fused-ring (bicyclic) bond motifs is 2. The Morgan fingerprint density at radius 1 is 1.23 bits per heavy atom. The number of rotatable bonds is 1. The zero-order valence-corrected chi connectivity index (χ0v) is 8.45. The Balaban J connectivity index is 2.34. The van der Waals surface area contributed by atoms with Gasteiger partial charge in [0.1, 0.15) is 12.2 Å². The molecule has 13 heavy (non-hydrogen) atoms. The second-order valence-corrected chi connectivity index (χ2v) is 4.91. The molecule has 0 aromatic carbocycles. The molecule has 0 aromatic heterocycles. The van der Waals surface area contributed by atoms with Crippen molar-refractivity contribution in [2.75, 3.05) is 0 Å². The third-order valence-electron chi connectivity index (χ3n) is 3.84. The first-order chi connectivity index (χ1) is 5.92. The summed E-state index contributed by atoms with van der Waals surface area (Å²) in [5.74, 6) is 0.251. The van der Waals surface area contributed by atoms with Crippen LogP contribution in [-0.2, 0) is 4.74 Å². The van der Waals surface area contributed by atoms with Crippen LogP contribution in [0.5, 0.6) is 0 Å². The second kappa shape index (κ2) is 2.47. The molecule has 0 saturated carbocycles. The van der Waals surface area contributed by atoms with Crippen molar-refractivity contribution in [1.82, 2.24) is 0 Å². The van der Waals surface area contributed by atoms with Gasteiger partial charge in [-0.2, -0.15) is 0 Å². The minimum Gasteiger partial charge on any atom is -0.387 e. The Morgan fingerprint density at radius 3 is 2.15 bits per heavy atom. The van der Waals surface area contributed by atoms with Gasteiger partial charge in [0.15, 0.2) is 0 Å². The standard InChI is InChI=1S/C10H18O3/c1-6(2)10-5-4-9(3,13-10)7(11)8(10)12/h6-8,11-12H,4-5H2,1-3H3/t7-,8-,9+,10+/m0/s1. The zero-order chi connectivity index (χ0) is 9.85. The summed E-state index contributed by atoms with van der Waals surface area (Å²) in [4.78, 5) is 0. The summed E-state index contributed by atoms with van der Waals surface area (Å²) < 4.78 is 5.83. The molecule has 2 rings (SSSR count). The first kappa shape index (κ1) is 9.44. The molecule has 0 aliphatic carbocycles. The molecule has 2 fully saturated rings. The summed E-state index contributed by atoms with van der Waals surface area (Å²) >= 11 is 0. The van der Waals surface area contributed by atoms with Crippen molar-refractivity contribution in [1.29, 1.82) is 0 Å². The molecule has 3 heteroatoms. The molecule has 2 aliphatic rings. The van der Waals surface area contributed by atoms with Crippen molar-refractivity contribution in [3.05, 3.63) is 0 Å². The molecule has 0 spiro atoms. The maximum atomic E-state index is 9.90. The highest BCUT2D eigenvalue weighted by molar-refractivity contribution is 5.14. The Hall–Kier alpha value is -0.120. The fourth-order valence-corrected chi connectivity index (χ4v) is 2.75. The molecule has 2 N–H and O–H groups in total. The van der Waals surface area contributed by atoms with Crippen LogP contribution in [0.3, 0.4) is 0 Å². The molecule has 0 unspecified atom stereocenters. The van der Waals surface area contributed by atoms with E-state index in [2.05, 4.69) is 0 Å². The predicted molar refractivity (Wildman–Crippen MR) is 48.3 cm³/mol. The maximum Gasteiger partial charge on any atom is 0.112 e. The van der Waals surface area contributed by atoms with Crippen molar-refractivity contribution in [3.63, 3.8) is 0 Å². The van der Waals surface area contributed by atoms with E-state index >= 15 is 0 Å². The quantitative estimate of drug-likeness (QED) is 0.633. The topological polar surface area (TPSA) is 49.7 Å². The van der Waals surface area contributed by atoms with Crippen molar-refractivity contribution in [3.8, 4) is 0 Å². The number of aliphatic hydroxyl groups excluding tert-OH is 2. The van der Waals surface area contributed by atoms with Crippen LogP contribution < -0.4 is 0 Å². The van der Waals surface area contributed by atoms with Crippen LogP contribution in [0.15, 0.2) is 0 Å². The zero-order valence-electron chi connectivity index (χ0n) is 8.45. The van der Waals surface area contributed by atoms with Gasteiger partial charge in [-0.25, -0.2) is 0 Å². The molecular formula is C10H18O3. The van der Waals surface area contributed by atoms with Crippen LogP contribution in [-0.4, -0.2) is 33.6 Å². The Kier molecular flexibility index (Phi) is 1.79. The van der Waals surface area contributed by atoms with Crippen LogP contribution in [0.25, 0.3) is 0 Å². The first-order valence-electron chi connectivity index (χ1n) is 4.99. The number of hydrogen-bond donors (Lipinski definition) is 2. The van der Waals surface area contributed by atoms with Crippen molar-refractivity contribution < 1.29 is 14.9 Å². The van der Waals surface area contributed by atoms with Gasteiger partial charge in [0, 0.05) is 0 Å². The van der Waals surface area contributed by atoms with Gasteiger partial charge in [0.25, 0.3) is 0 Å². The lowest BCUT2D eigenvalue weighted by Gasteiger charge is -2.34. The Morgan fingerprint density at radius 2 is 1.85 bits per heavy atom. The molecule has 2 bridgehead atoms. The van der Waals surface area contributed by atoms with Gasteiger partial charge in [-0.05, 0) is 25.7 Å². The maximum absolute atomic E-state index is 9.90. The lowest BCUT2D eigenvalue weighted by atomic mass is 9.73. The number of aliphatic hydroxyl groups is 2. The molecule has 2 saturated heterocycles. The molecule has 2 heterocycles. The highest BCUT2D eigenvalue weighted by Gasteiger charge is 2.65. The Labute approximate surface area is 78.7 Å².